The molecule has 0 aromatic heterocycles. The van der Waals surface area contributed by atoms with Gasteiger partial charge in [0, 0.05) is 0 Å². The Morgan fingerprint density at radius 3 is 2.20 bits per heavy atom. The van der Waals surface area contributed by atoms with Crippen LogP contribution >= 0.6 is 0 Å². The first-order valence-corrected chi connectivity index (χ1v) is 10.1. The number of ether oxygens (including phenoxy) is 1. The van der Waals surface area contributed by atoms with E-state index in [0.717, 1.165) is 5.75 Å². The van der Waals surface area contributed by atoms with Gasteiger partial charge in [0.2, 0.25) is 0 Å². The van der Waals surface area contributed by atoms with Gasteiger partial charge in [-0.1, -0.05) is 45.6 Å². The molecule has 20 heavy (non-hydrogen) atoms. The number of hydrogen-bond acceptors (Lipinski definition) is 2. The van der Waals surface area contributed by atoms with Crippen molar-refractivity contribution in [2.75, 3.05) is 6.61 Å². The normalized spacial score (nSPS) is 13.9. The van der Waals surface area contributed by atoms with Crippen molar-refractivity contribution in [3.8, 4) is 5.75 Å². The summed E-state index contributed by atoms with van der Waals surface area (Å²) in [5, 5.41) is 0.230. The average Bonchev–Trinajstić information content (AvgIpc) is 2.35. The highest BCUT2D eigenvalue weighted by molar-refractivity contribution is 6.74. The lowest BCUT2D eigenvalue weighted by Gasteiger charge is -2.38. The van der Waals surface area contributed by atoms with E-state index in [1.54, 1.807) is 6.08 Å². The third kappa shape index (κ3) is 4.49. The molecule has 0 radical (unpaired) electrons. The van der Waals surface area contributed by atoms with E-state index in [2.05, 4.69) is 59.5 Å². The van der Waals surface area contributed by atoms with Crippen molar-refractivity contribution >= 4 is 8.32 Å². The molecule has 0 aliphatic heterocycles. The Kier molecular flexibility index (Phi) is 5.60. The van der Waals surface area contributed by atoms with Gasteiger partial charge in [-0.25, -0.2) is 0 Å². The second-order valence-corrected chi connectivity index (χ2v) is 11.4. The van der Waals surface area contributed by atoms with E-state index in [4.69, 9.17) is 9.16 Å². The maximum Gasteiger partial charge on any atom is 0.192 e. The topological polar surface area (TPSA) is 18.5 Å². The van der Waals surface area contributed by atoms with E-state index < -0.39 is 8.32 Å². The van der Waals surface area contributed by atoms with Crippen LogP contribution in [0.3, 0.4) is 0 Å². The van der Waals surface area contributed by atoms with E-state index in [0.29, 0.717) is 6.61 Å². The SMILES string of the molecule is C=CCOc1ccc(C(C)O[Si](C)(C)C(C)(C)C)cc1. The zero-order valence-corrected chi connectivity index (χ0v) is 14.7. The largest absolute Gasteiger partial charge is 0.490 e. The Bertz CT molecular complexity index is 429. The summed E-state index contributed by atoms with van der Waals surface area (Å²) >= 11 is 0. The summed E-state index contributed by atoms with van der Waals surface area (Å²) in [6.07, 6.45) is 1.86. The van der Waals surface area contributed by atoms with Crippen LogP contribution in [0.4, 0.5) is 0 Å². The molecular formula is C17H28O2Si. The van der Waals surface area contributed by atoms with Gasteiger partial charge in [-0.15, -0.1) is 0 Å². The number of hydrogen-bond donors (Lipinski definition) is 0. The first kappa shape index (κ1) is 17.0. The van der Waals surface area contributed by atoms with Crippen molar-refractivity contribution < 1.29 is 9.16 Å². The Labute approximate surface area is 124 Å². The predicted octanol–water partition coefficient (Wildman–Crippen LogP) is 5.33. The lowest BCUT2D eigenvalue weighted by Crippen LogP contribution is -2.41. The molecule has 1 aromatic rings. The molecular weight excluding hydrogens is 264 g/mol. The van der Waals surface area contributed by atoms with E-state index in [-0.39, 0.29) is 11.1 Å². The first-order chi connectivity index (χ1) is 9.17. The van der Waals surface area contributed by atoms with Crippen LogP contribution in [0.2, 0.25) is 18.1 Å². The molecule has 0 fully saturated rings. The molecule has 0 saturated carbocycles. The molecule has 0 aliphatic rings. The van der Waals surface area contributed by atoms with Crippen molar-refractivity contribution in [3.05, 3.63) is 42.5 Å². The van der Waals surface area contributed by atoms with Crippen LogP contribution in [0, 0.1) is 0 Å². The predicted molar refractivity (Wildman–Crippen MR) is 88.8 cm³/mol. The van der Waals surface area contributed by atoms with Crippen molar-refractivity contribution in [2.45, 2.75) is 51.9 Å². The Hall–Kier alpha value is -1.06. The summed E-state index contributed by atoms with van der Waals surface area (Å²) in [5.74, 6) is 0.869. The van der Waals surface area contributed by atoms with Crippen molar-refractivity contribution in [2.24, 2.45) is 0 Å². The molecule has 0 amide bonds. The quantitative estimate of drug-likeness (QED) is 0.521. The highest BCUT2D eigenvalue weighted by Crippen LogP contribution is 2.39. The van der Waals surface area contributed by atoms with Gasteiger partial charge in [-0.2, -0.15) is 0 Å². The summed E-state index contributed by atoms with van der Waals surface area (Å²) < 4.78 is 11.9. The fourth-order valence-electron chi connectivity index (χ4n) is 1.68. The molecule has 1 rings (SSSR count). The monoisotopic (exact) mass is 292 g/mol. The zero-order valence-electron chi connectivity index (χ0n) is 13.7. The maximum atomic E-state index is 6.39. The summed E-state index contributed by atoms with van der Waals surface area (Å²) in [6.45, 7) is 17.7. The van der Waals surface area contributed by atoms with E-state index in [1.807, 2.05) is 12.1 Å². The standard InChI is InChI=1S/C17H28O2Si/c1-8-13-18-16-11-9-15(10-12-16)14(2)19-20(6,7)17(3,4)5/h8-12,14H,1,13H2,2-7H3. The van der Waals surface area contributed by atoms with Crippen LogP contribution in [-0.4, -0.2) is 14.9 Å². The van der Waals surface area contributed by atoms with Gasteiger partial charge in [0.05, 0.1) is 6.10 Å². The molecule has 1 unspecified atom stereocenters. The molecule has 0 bridgehead atoms. The second kappa shape index (κ2) is 6.59. The fraction of sp³-hybridized carbons (Fsp3) is 0.529. The summed E-state index contributed by atoms with van der Waals surface area (Å²) in [5.41, 5.74) is 1.20. The van der Waals surface area contributed by atoms with Crippen LogP contribution in [0.5, 0.6) is 5.75 Å². The molecule has 112 valence electrons. The van der Waals surface area contributed by atoms with Crippen LogP contribution in [0.15, 0.2) is 36.9 Å². The van der Waals surface area contributed by atoms with Gasteiger partial charge in [-0.3, -0.25) is 0 Å². The molecule has 0 N–H and O–H groups in total. The summed E-state index contributed by atoms with van der Waals surface area (Å²) in [6, 6.07) is 8.14. The van der Waals surface area contributed by atoms with Crippen LogP contribution in [-0.2, 0) is 4.43 Å². The highest BCUT2D eigenvalue weighted by Gasteiger charge is 2.38. The Morgan fingerprint density at radius 2 is 1.75 bits per heavy atom. The van der Waals surface area contributed by atoms with E-state index in [1.165, 1.54) is 5.56 Å². The van der Waals surface area contributed by atoms with Gasteiger partial charge >= 0.3 is 0 Å². The summed E-state index contributed by atoms with van der Waals surface area (Å²) in [7, 11) is -1.73. The summed E-state index contributed by atoms with van der Waals surface area (Å²) in [4.78, 5) is 0. The number of benzene rings is 1. The van der Waals surface area contributed by atoms with Crippen LogP contribution in [0.25, 0.3) is 0 Å². The van der Waals surface area contributed by atoms with Crippen molar-refractivity contribution in [1.29, 1.82) is 0 Å². The van der Waals surface area contributed by atoms with Gasteiger partial charge in [0.15, 0.2) is 8.32 Å². The molecule has 0 heterocycles. The second-order valence-electron chi connectivity index (χ2n) is 6.69. The van der Waals surface area contributed by atoms with Gasteiger partial charge in [0.25, 0.3) is 0 Å². The van der Waals surface area contributed by atoms with Crippen LogP contribution in [0.1, 0.15) is 39.4 Å². The minimum Gasteiger partial charge on any atom is -0.490 e. The minimum absolute atomic E-state index is 0.115. The van der Waals surface area contributed by atoms with Crippen molar-refractivity contribution in [1.82, 2.24) is 0 Å². The van der Waals surface area contributed by atoms with E-state index >= 15 is 0 Å². The Balaban J connectivity index is 2.73. The van der Waals surface area contributed by atoms with E-state index in [9.17, 15) is 0 Å². The third-order valence-electron chi connectivity index (χ3n) is 3.99. The minimum atomic E-state index is -1.73. The molecule has 3 heteroatoms. The molecule has 0 spiro atoms. The average molecular weight is 292 g/mol. The molecule has 1 aromatic carbocycles. The zero-order chi connectivity index (χ0) is 15.4. The number of rotatable bonds is 6. The third-order valence-corrected chi connectivity index (χ3v) is 8.55. The lowest BCUT2D eigenvalue weighted by molar-refractivity contribution is 0.203. The highest BCUT2D eigenvalue weighted by atomic mass is 28.4. The van der Waals surface area contributed by atoms with Crippen LogP contribution < -0.4 is 4.74 Å². The van der Waals surface area contributed by atoms with Crippen molar-refractivity contribution in [3.63, 3.8) is 0 Å². The fourth-order valence-corrected chi connectivity index (χ4v) is 3.05. The first-order valence-electron chi connectivity index (χ1n) is 7.19. The smallest absolute Gasteiger partial charge is 0.192 e. The Morgan fingerprint density at radius 1 is 1.20 bits per heavy atom. The molecule has 2 nitrogen and oxygen atoms in total. The van der Waals surface area contributed by atoms with Gasteiger partial charge in [0.1, 0.15) is 12.4 Å². The van der Waals surface area contributed by atoms with Gasteiger partial charge < -0.3 is 9.16 Å². The molecule has 1 atom stereocenters. The molecule has 0 saturated heterocycles. The van der Waals surface area contributed by atoms with Gasteiger partial charge in [-0.05, 0) is 42.8 Å². The molecule has 0 aliphatic carbocycles. The lowest BCUT2D eigenvalue weighted by atomic mass is 10.1. The maximum absolute atomic E-state index is 6.39.